The molecule has 0 aliphatic rings. The molecule has 0 saturated heterocycles. The molecule has 0 aromatic heterocycles. The lowest BCUT2D eigenvalue weighted by Gasteiger charge is -2.29. The summed E-state index contributed by atoms with van der Waals surface area (Å²) >= 11 is 0. The fourth-order valence-electron chi connectivity index (χ4n) is 7.21. The zero-order chi connectivity index (χ0) is 42.8. The van der Waals surface area contributed by atoms with Gasteiger partial charge in [0.1, 0.15) is 13.2 Å². The summed E-state index contributed by atoms with van der Waals surface area (Å²) in [7, 11) is 1.26. The van der Waals surface area contributed by atoms with Crippen LogP contribution in [0.4, 0.5) is 0 Å². The predicted octanol–water partition coefficient (Wildman–Crippen LogP) is 13.5. The molecule has 8 nitrogen and oxygen atoms in total. The number of phosphoric acid groups is 1. The molecule has 0 saturated carbocycles. The number of unbranched alkanes of at least 4 members (excludes halogenated alkanes) is 30. The summed E-state index contributed by atoms with van der Waals surface area (Å²) < 4.78 is 23.2. The van der Waals surface area contributed by atoms with E-state index in [1.807, 2.05) is 27.2 Å². The Balaban J connectivity index is 4.12. The predicted molar refractivity (Wildman–Crippen MR) is 247 cm³/mol. The number of nitrogens with one attached hydrogen (secondary N) is 1. The Morgan fingerprint density at radius 1 is 0.586 bits per heavy atom. The smallest absolute Gasteiger partial charge is 0.268 e. The average Bonchev–Trinajstić information content (AvgIpc) is 3.17. The number of hydrogen-bond donors (Lipinski definition) is 2. The quantitative estimate of drug-likeness (QED) is 0.0274. The highest BCUT2D eigenvalue weighted by molar-refractivity contribution is 7.45. The molecule has 0 aromatic rings. The van der Waals surface area contributed by atoms with Crippen molar-refractivity contribution in [3.8, 4) is 0 Å². The van der Waals surface area contributed by atoms with E-state index in [9.17, 15) is 19.4 Å². The Hall–Kier alpha value is -1.02. The molecule has 2 N–H and O–H groups in total. The van der Waals surface area contributed by atoms with Gasteiger partial charge in [-0.1, -0.05) is 205 Å². The van der Waals surface area contributed by atoms with Crippen LogP contribution in [0.25, 0.3) is 0 Å². The molecule has 58 heavy (non-hydrogen) atoms. The maximum Gasteiger partial charge on any atom is 0.268 e. The van der Waals surface area contributed by atoms with Crippen LogP contribution >= 0.6 is 7.82 Å². The lowest BCUT2D eigenvalue weighted by atomic mass is 10.0. The third kappa shape index (κ3) is 43.1. The van der Waals surface area contributed by atoms with E-state index in [2.05, 4.69) is 31.3 Å². The number of allylic oxidation sites excluding steroid dienone is 3. The van der Waals surface area contributed by atoms with Crippen LogP contribution in [0.2, 0.25) is 0 Å². The molecule has 3 atom stereocenters. The largest absolute Gasteiger partial charge is 0.756 e. The minimum absolute atomic E-state index is 0.000208. The minimum atomic E-state index is -4.58. The molecule has 0 rings (SSSR count). The van der Waals surface area contributed by atoms with Gasteiger partial charge < -0.3 is 28.8 Å². The van der Waals surface area contributed by atoms with E-state index >= 15 is 0 Å². The first kappa shape index (κ1) is 57.0. The van der Waals surface area contributed by atoms with E-state index in [-0.39, 0.29) is 19.1 Å². The van der Waals surface area contributed by atoms with Gasteiger partial charge in [-0.3, -0.25) is 9.36 Å². The van der Waals surface area contributed by atoms with E-state index in [0.717, 1.165) is 38.5 Å². The second-order valence-electron chi connectivity index (χ2n) is 18.2. The maximum absolute atomic E-state index is 12.9. The molecular formula is C49H97N2O6P. The first-order valence-electron chi connectivity index (χ1n) is 24.7. The number of rotatable bonds is 45. The first-order chi connectivity index (χ1) is 28.0. The average molecular weight is 841 g/mol. The van der Waals surface area contributed by atoms with Crippen molar-refractivity contribution in [2.75, 3.05) is 40.9 Å². The summed E-state index contributed by atoms with van der Waals surface area (Å²) in [6, 6.07) is -0.883. The van der Waals surface area contributed by atoms with Crippen LogP contribution in [0.1, 0.15) is 232 Å². The number of aliphatic hydroxyl groups is 1. The van der Waals surface area contributed by atoms with Gasteiger partial charge in [-0.15, -0.1) is 0 Å². The first-order valence-corrected chi connectivity index (χ1v) is 26.2. The molecular weight excluding hydrogens is 744 g/mol. The number of aliphatic hydroxyl groups excluding tert-OH is 1. The highest BCUT2D eigenvalue weighted by atomic mass is 31.2. The van der Waals surface area contributed by atoms with Gasteiger partial charge in [0.15, 0.2) is 0 Å². The minimum Gasteiger partial charge on any atom is -0.756 e. The molecule has 1 amide bonds. The van der Waals surface area contributed by atoms with Gasteiger partial charge in [0.05, 0.1) is 39.9 Å². The molecule has 0 fully saturated rings. The van der Waals surface area contributed by atoms with Crippen molar-refractivity contribution in [1.82, 2.24) is 5.32 Å². The Morgan fingerprint density at radius 2 is 0.948 bits per heavy atom. The monoisotopic (exact) mass is 841 g/mol. The third-order valence-electron chi connectivity index (χ3n) is 11.2. The number of carbonyl (C=O) groups is 1. The van der Waals surface area contributed by atoms with Crippen LogP contribution in [0.15, 0.2) is 24.3 Å². The highest BCUT2D eigenvalue weighted by Crippen LogP contribution is 2.38. The Kier molecular flexibility index (Phi) is 40.6. The normalized spacial score (nSPS) is 14.4. The standard InChI is InChI=1S/C49H97N2O6P/c1-6-8-10-12-14-16-18-19-20-21-22-23-24-25-26-27-28-29-30-31-32-33-35-37-39-41-43-49(53)50-47(46-57-58(54,55)56-45-44-51(3,4)5)48(52)42-40-38-36-34-17-15-13-11-9-7-2/h25-26,40,42,47-48,52H,6-24,27-39,41,43-46H2,1-5H3,(H-,50,53,54,55)/b26-25-,42-40+. The van der Waals surface area contributed by atoms with E-state index in [0.29, 0.717) is 17.4 Å². The second kappa shape index (κ2) is 41.3. The van der Waals surface area contributed by atoms with Gasteiger partial charge in [0.25, 0.3) is 7.82 Å². The molecule has 0 spiro atoms. The molecule has 9 heteroatoms. The van der Waals surface area contributed by atoms with Crippen LogP contribution in [0.3, 0.4) is 0 Å². The van der Waals surface area contributed by atoms with Gasteiger partial charge in [0.2, 0.25) is 5.91 Å². The van der Waals surface area contributed by atoms with Crippen molar-refractivity contribution >= 4 is 13.7 Å². The Bertz CT molecular complexity index is 1000. The van der Waals surface area contributed by atoms with Gasteiger partial charge >= 0.3 is 0 Å². The maximum atomic E-state index is 12.9. The number of nitrogens with zero attached hydrogens (tertiary/aromatic N) is 1. The molecule has 0 aliphatic heterocycles. The van der Waals surface area contributed by atoms with Gasteiger partial charge in [-0.05, 0) is 44.9 Å². The molecule has 0 aliphatic carbocycles. The van der Waals surface area contributed by atoms with E-state index in [1.165, 1.54) is 173 Å². The molecule has 0 radical (unpaired) electrons. The fourth-order valence-corrected chi connectivity index (χ4v) is 7.93. The molecule has 0 aromatic carbocycles. The Morgan fingerprint density at radius 3 is 1.34 bits per heavy atom. The van der Waals surface area contributed by atoms with Gasteiger partial charge in [0, 0.05) is 6.42 Å². The summed E-state index contributed by atoms with van der Waals surface area (Å²) in [5.41, 5.74) is 0. The van der Waals surface area contributed by atoms with Gasteiger partial charge in [-0.2, -0.15) is 0 Å². The van der Waals surface area contributed by atoms with Crippen molar-refractivity contribution in [2.24, 2.45) is 0 Å². The summed E-state index contributed by atoms with van der Waals surface area (Å²) in [6.45, 7) is 4.64. The van der Waals surface area contributed by atoms with E-state index < -0.39 is 20.0 Å². The van der Waals surface area contributed by atoms with Crippen LogP contribution in [-0.2, 0) is 18.4 Å². The van der Waals surface area contributed by atoms with E-state index in [1.54, 1.807) is 6.08 Å². The number of amides is 1. The summed E-state index contributed by atoms with van der Waals surface area (Å²) in [5.74, 6) is -0.199. The van der Waals surface area contributed by atoms with Crippen LogP contribution in [0, 0.1) is 0 Å². The number of carbonyl (C=O) groups excluding carboxylic acids is 1. The fraction of sp³-hybridized carbons (Fsp3) is 0.898. The summed E-state index contributed by atoms with van der Waals surface area (Å²) in [6.07, 6.45) is 49.6. The number of phosphoric ester groups is 1. The lowest BCUT2D eigenvalue weighted by molar-refractivity contribution is -0.870. The summed E-state index contributed by atoms with van der Waals surface area (Å²) in [5, 5.41) is 13.7. The molecule has 0 bridgehead atoms. The topological polar surface area (TPSA) is 108 Å². The number of hydrogen-bond acceptors (Lipinski definition) is 6. The number of likely N-dealkylation sites (N-methyl/N-ethyl adjacent to an activating group) is 1. The molecule has 344 valence electrons. The highest BCUT2D eigenvalue weighted by Gasteiger charge is 2.23. The molecule has 0 heterocycles. The lowest BCUT2D eigenvalue weighted by Crippen LogP contribution is -2.45. The SMILES string of the molecule is CCCCCCCCCC/C=C/C(O)C(COP(=O)([O-])OCC[N+](C)(C)C)NC(=O)CCCCCCCCCCCC/C=C\CCCCCCCCCCCCCC. The van der Waals surface area contributed by atoms with E-state index in [4.69, 9.17) is 9.05 Å². The van der Waals surface area contributed by atoms with Crippen molar-refractivity contribution in [2.45, 2.75) is 244 Å². The second-order valence-corrected chi connectivity index (χ2v) is 19.6. The third-order valence-corrected chi connectivity index (χ3v) is 12.1. The zero-order valence-corrected chi connectivity index (χ0v) is 39.9. The van der Waals surface area contributed by atoms with Gasteiger partial charge in [-0.25, -0.2) is 0 Å². The van der Waals surface area contributed by atoms with Crippen LogP contribution in [0.5, 0.6) is 0 Å². The Labute approximate surface area is 360 Å². The molecule has 3 unspecified atom stereocenters. The van der Waals surface area contributed by atoms with Crippen LogP contribution in [-0.4, -0.2) is 68.5 Å². The van der Waals surface area contributed by atoms with Crippen molar-refractivity contribution in [3.05, 3.63) is 24.3 Å². The van der Waals surface area contributed by atoms with Crippen molar-refractivity contribution in [3.63, 3.8) is 0 Å². The number of quaternary nitrogens is 1. The van der Waals surface area contributed by atoms with Crippen molar-refractivity contribution in [1.29, 1.82) is 0 Å². The summed E-state index contributed by atoms with van der Waals surface area (Å²) in [4.78, 5) is 25.3. The van der Waals surface area contributed by atoms with Crippen molar-refractivity contribution < 1.29 is 32.9 Å². The zero-order valence-electron chi connectivity index (χ0n) is 39.0. The van der Waals surface area contributed by atoms with Crippen LogP contribution < -0.4 is 10.2 Å².